The molecule has 0 aliphatic carbocycles. The molecule has 1 N–H and O–H groups in total. The standard InChI is InChI=1S/C23H27N3O3S/c1-17-6-5-7-19(14-17)16-24-23(27)18(2)26-13-10-20-15-21(8-9-22(20)26)30(28,29)25-11-3-4-12-25/h5-10,13-15,18H,3-4,11-12,16H2,1-2H3,(H,24,27). The van der Waals surface area contributed by atoms with Crippen LogP contribution in [0.1, 0.15) is 36.9 Å². The molecule has 158 valence electrons. The molecule has 2 aromatic carbocycles. The Morgan fingerprint density at radius 3 is 2.60 bits per heavy atom. The number of sulfonamides is 1. The highest BCUT2D eigenvalue weighted by atomic mass is 32.2. The van der Waals surface area contributed by atoms with Crippen LogP contribution in [0.3, 0.4) is 0 Å². The van der Waals surface area contributed by atoms with Crippen LogP contribution in [-0.4, -0.2) is 36.3 Å². The topological polar surface area (TPSA) is 71.4 Å². The highest BCUT2D eigenvalue weighted by Crippen LogP contribution is 2.27. The number of aromatic nitrogens is 1. The monoisotopic (exact) mass is 425 g/mol. The summed E-state index contributed by atoms with van der Waals surface area (Å²) in [4.78, 5) is 13.0. The number of nitrogens with one attached hydrogen (secondary N) is 1. The molecule has 3 aromatic rings. The molecule has 4 rings (SSSR count). The van der Waals surface area contributed by atoms with E-state index in [2.05, 4.69) is 11.4 Å². The number of carbonyl (C=O) groups is 1. The van der Waals surface area contributed by atoms with E-state index >= 15 is 0 Å². The molecule has 0 radical (unpaired) electrons. The predicted octanol–water partition coefficient (Wildman–Crippen LogP) is 3.61. The van der Waals surface area contributed by atoms with Crippen molar-refractivity contribution in [2.45, 2.75) is 44.2 Å². The number of nitrogens with zero attached hydrogens (tertiary/aromatic N) is 2. The summed E-state index contributed by atoms with van der Waals surface area (Å²) in [6, 6.07) is 14.6. The maximum atomic E-state index is 12.8. The molecule has 7 heteroatoms. The molecule has 0 spiro atoms. The van der Waals surface area contributed by atoms with E-state index in [1.807, 2.05) is 48.9 Å². The van der Waals surface area contributed by atoms with Gasteiger partial charge in [0.25, 0.3) is 0 Å². The number of carbonyl (C=O) groups excluding carboxylic acids is 1. The van der Waals surface area contributed by atoms with Crippen LogP contribution in [0.15, 0.2) is 59.6 Å². The summed E-state index contributed by atoms with van der Waals surface area (Å²) in [6.45, 7) is 5.51. The molecule has 1 aliphatic heterocycles. The van der Waals surface area contributed by atoms with Gasteiger partial charge in [-0.2, -0.15) is 4.31 Å². The number of rotatable bonds is 6. The number of fused-ring (bicyclic) bond motifs is 1. The normalized spacial score (nSPS) is 16.1. The third-order valence-corrected chi connectivity index (χ3v) is 7.64. The lowest BCUT2D eigenvalue weighted by Gasteiger charge is -2.17. The Balaban J connectivity index is 1.52. The molecule has 1 amide bonds. The number of hydrogen-bond acceptors (Lipinski definition) is 3. The largest absolute Gasteiger partial charge is 0.350 e. The Bertz CT molecular complexity index is 1180. The minimum atomic E-state index is -3.46. The van der Waals surface area contributed by atoms with Crippen molar-refractivity contribution < 1.29 is 13.2 Å². The average molecular weight is 426 g/mol. The molecular weight excluding hydrogens is 398 g/mol. The zero-order valence-corrected chi connectivity index (χ0v) is 18.2. The molecule has 1 saturated heterocycles. The van der Waals surface area contributed by atoms with Crippen LogP contribution in [0.5, 0.6) is 0 Å². The summed E-state index contributed by atoms with van der Waals surface area (Å²) in [7, 11) is -3.46. The summed E-state index contributed by atoms with van der Waals surface area (Å²) >= 11 is 0. The van der Waals surface area contributed by atoms with Gasteiger partial charge in [0, 0.05) is 36.7 Å². The first-order valence-electron chi connectivity index (χ1n) is 10.3. The molecule has 1 atom stereocenters. The van der Waals surface area contributed by atoms with Crippen molar-refractivity contribution in [1.29, 1.82) is 0 Å². The van der Waals surface area contributed by atoms with Gasteiger partial charge in [-0.25, -0.2) is 8.42 Å². The van der Waals surface area contributed by atoms with Gasteiger partial charge in [0.1, 0.15) is 6.04 Å². The Morgan fingerprint density at radius 2 is 1.87 bits per heavy atom. The molecule has 6 nitrogen and oxygen atoms in total. The van der Waals surface area contributed by atoms with E-state index in [4.69, 9.17) is 0 Å². The van der Waals surface area contributed by atoms with E-state index in [0.717, 1.165) is 34.9 Å². The highest BCUT2D eigenvalue weighted by Gasteiger charge is 2.27. The van der Waals surface area contributed by atoms with E-state index in [0.29, 0.717) is 24.5 Å². The van der Waals surface area contributed by atoms with Crippen molar-refractivity contribution in [3.05, 3.63) is 65.9 Å². The van der Waals surface area contributed by atoms with Crippen LogP contribution in [0.4, 0.5) is 0 Å². The molecule has 30 heavy (non-hydrogen) atoms. The lowest BCUT2D eigenvalue weighted by molar-refractivity contribution is -0.123. The van der Waals surface area contributed by atoms with Crippen LogP contribution in [0, 0.1) is 6.92 Å². The summed E-state index contributed by atoms with van der Waals surface area (Å²) < 4.78 is 29.1. The zero-order chi connectivity index (χ0) is 21.3. The summed E-state index contributed by atoms with van der Waals surface area (Å²) in [5.74, 6) is -0.0808. The van der Waals surface area contributed by atoms with E-state index < -0.39 is 16.1 Å². The lowest BCUT2D eigenvalue weighted by atomic mass is 10.1. The van der Waals surface area contributed by atoms with Crippen molar-refractivity contribution in [2.75, 3.05) is 13.1 Å². The van der Waals surface area contributed by atoms with Gasteiger partial charge >= 0.3 is 0 Å². The average Bonchev–Trinajstić information content (AvgIpc) is 3.41. The smallest absolute Gasteiger partial charge is 0.243 e. The third kappa shape index (κ3) is 4.00. The summed E-state index contributed by atoms with van der Waals surface area (Å²) in [6.07, 6.45) is 3.66. The second kappa shape index (κ2) is 8.24. The van der Waals surface area contributed by atoms with Gasteiger partial charge in [0.05, 0.1) is 4.90 Å². The Morgan fingerprint density at radius 1 is 1.10 bits per heavy atom. The van der Waals surface area contributed by atoms with Gasteiger partial charge in [-0.05, 0) is 56.5 Å². The second-order valence-corrected chi connectivity index (χ2v) is 9.88. The number of benzene rings is 2. The van der Waals surface area contributed by atoms with Crippen LogP contribution >= 0.6 is 0 Å². The Kier molecular flexibility index (Phi) is 5.66. The molecule has 2 heterocycles. The quantitative estimate of drug-likeness (QED) is 0.656. The Hall–Kier alpha value is -2.64. The number of amides is 1. The van der Waals surface area contributed by atoms with Gasteiger partial charge < -0.3 is 9.88 Å². The fourth-order valence-corrected chi connectivity index (χ4v) is 5.56. The molecular formula is C23H27N3O3S. The van der Waals surface area contributed by atoms with Crippen molar-refractivity contribution >= 4 is 26.8 Å². The number of hydrogen-bond donors (Lipinski definition) is 1. The highest BCUT2D eigenvalue weighted by molar-refractivity contribution is 7.89. The van der Waals surface area contributed by atoms with Crippen LogP contribution in [-0.2, 0) is 21.4 Å². The van der Waals surface area contributed by atoms with E-state index in [-0.39, 0.29) is 5.91 Å². The minimum absolute atomic E-state index is 0.0808. The van der Waals surface area contributed by atoms with Crippen LogP contribution < -0.4 is 5.32 Å². The van der Waals surface area contributed by atoms with Crippen LogP contribution in [0.25, 0.3) is 10.9 Å². The molecule has 1 unspecified atom stereocenters. The fourth-order valence-electron chi connectivity index (χ4n) is 4.00. The first-order valence-corrected chi connectivity index (χ1v) is 11.7. The maximum absolute atomic E-state index is 12.8. The minimum Gasteiger partial charge on any atom is -0.350 e. The van der Waals surface area contributed by atoms with Crippen molar-refractivity contribution in [2.24, 2.45) is 0 Å². The van der Waals surface area contributed by atoms with E-state index in [1.165, 1.54) is 0 Å². The summed E-state index contributed by atoms with van der Waals surface area (Å²) in [5.41, 5.74) is 3.06. The first-order chi connectivity index (χ1) is 14.4. The van der Waals surface area contributed by atoms with Gasteiger partial charge in [0.2, 0.25) is 15.9 Å². The van der Waals surface area contributed by atoms with Gasteiger partial charge in [-0.15, -0.1) is 0 Å². The zero-order valence-electron chi connectivity index (χ0n) is 17.3. The molecule has 1 aliphatic rings. The lowest BCUT2D eigenvalue weighted by Crippen LogP contribution is -2.30. The molecule has 1 aromatic heterocycles. The van der Waals surface area contributed by atoms with E-state index in [1.54, 1.807) is 22.5 Å². The van der Waals surface area contributed by atoms with E-state index in [9.17, 15) is 13.2 Å². The second-order valence-electron chi connectivity index (χ2n) is 7.94. The van der Waals surface area contributed by atoms with Gasteiger partial charge in [-0.1, -0.05) is 29.8 Å². The van der Waals surface area contributed by atoms with Crippen molar-refractivity contribution in [3.8, 4) is 0 Å². The van der Waals surface area contributed by atoms with Crippen molar-refractivity contribution in [3.63, 3.8) is 0 Å². The van der Waals surface area contributed by atoms with Crippen molar-refractivity contribution in [1.82, 2.24) is 14.2 Å². The summed E-state index contributed by atoms with van der Waals surface area (Å²) in [5, 5.41) is 3.80. The van der Waals surface area contributed by atoms with Gasteiger partial charge in [-0.3, -0.25) is 4.79 Å². The first kappa shape index (κ1) is 20.6. The SMILES string of the molecule is Cc1cccc(CNC(=O)C(C)n2ccc3cc(S(=O)(=O)N4CCCC4)ccc32)c1. The third-order valence-electron chi connectivity index (χ3n) is 5.74. The van der Waals surface area contributed by atoms with Gasteiger partial charge in [0.15, 0.2) is 0 Å². The molecule has 1 fully saturated rings. The number of aryl methyl sites for hydroxylation is 1. The predicted molar refractivity (Wildman–Crippen MR) is 118 cm³/mol. The Labute approximate surface area is 177 Å². The fraction of sp³-hybridized carbons (Fsp3) is 0.348. The molecule has 0 bridgehead atoms. The molecule has 0 saturated carbocycles. The maximum Gasteiger partial charge on any atom is 0.243 e. The van der Waals surface area contributed by atoms with Crippen LogP contribution in [0.2, 0.25) is 0 Å².